The lowest BCUT2D eigenvalue weighted by Gasteiger charge is -2.05. The minimum atomic E-state index is 1.09. The highest BCUT2D eigenvalue weighted by Gasteiger charge is 2.18. The smallest absolute Gasteiger partial charge is 0.0653 e. The molecular weight excluding hydrogens is 322 g/mol. The summed E-state index contributed by atoms with van der Waals surface area (Å²) in [5, 5.41) is 6.60. The summed E-state index contributed by atoms with van der Waals surface area (Å²) in [7, 11) is 0. The van der Waals surface area contributed by atoms with E-state index < -0.39 is 0 Å². The molecular formula is C23H17NS. The van der Waals surface area contributed by atoms with Crippen molar-refractivity contribution in [2.45, 2.75) is 6.92 Å². The highest BCUT2D eigenvalue weighted by molar-refractivity contribution is 7.26. The Kier molecular flexibility index (Phi) is 3.09. The molecule has 0 radical (unpaired) electrons. The van der Waals surface area contributed by atoms with E-state index in [9.17, 15) is 0 Å². The molecule has 5 rings (SSSR count). The number of benzene rings is 3. The maximum atomic E-state index is 4.01. The quantitative estimate of drug-likeness (QED) is 0.346. The van der Waals surface area contributed by atoms with Gasteiger partial charge in [0.2, 0.25) is 0 Å². The first-order chi connectivity index (χ1) is 12.3. The molecule has 0 bridgehead atoms. The lowest BCUT2D eigenvalue weighted by atomic mass is 9.98. The molecule has 0 saturated heterocycles. The Bertz CT molecular complexity index is 1310. The monoisotopic (exact) mass is 339 g/mol. The highest BCUT2D eigenvalue weighted by atomic mass is 32.1. The average molecular weight is 339 g/mol. The predicted molar refractivity (Wildman–Crippen MR) is 113 cm³/mol. The SMILES string of the molecule is C=Cc1[nH]c2c3sc4ccccc4c3c3ccccc3c2c1/C=C\C. The molecule has 25 heavy (non-hydrogen) atoms. The molecule has 0 aliphatic rings. The third-order valence-electron chi connectivity index (χ3n) is 4.89. The Morgan fingerprint density at radius 2 is 1.60 bits per heavy atom. The fraction of sp³-hybridized carbons (Fsp3) is 0.0435. The second-order valence-electron chi connectivity index (χ2n) is 6.25. The minimum absolute atomic E-state index is 1.09. The van der Waals surface area contributed by atoms with Crippen LogP contribution in [0.1, 0.15) is 18.2 Å². The second kappa shape index (κ2) is 5.33. The zero-order chi connectivity index (χ0) is 17.0. The Balaban J connectivity index is 2.18. The molecule has 120 valence electrons. The van der Waals surface area contributed by atoms with E-state index in [2.05, 4.69) is 79.2 Å². The molecule has 0 spiro atoms. The van der Waals surface area contributed by atoms with Crippen molar-refractivity contribution in [3.05, 3.63) is 72.4 Å². The van der Waals surface area contributed by atoms with Crippen LogP contribution in [0.2, 0.25) is 0 Å². The van der Waals surface area contributed by atoms with Gasteiger partial charge in [0.05, 0.1) is 10.2 Å². The molecule has 2 aromatic heterocycles. The first-order valence-electron chi connectivity index (χ1n) is 8.46. The van der Waals surface area contributed by atoms with Gasteiger partial charge in [-0.25, -0.2) is 0 Å². The molecule has 1 nitrogen and oxygen atoms in total. The van der Waals surface area contributed by atoms with Crippen LogP contribution < -0.4 is 0 Å². The summed E-state index contributed by atoms with van der Waals surface area (Å²) in [6.07, 6.45) is 6.20. The van der Waals surface area contributed by atoms with Gasteiger partial charge in [0.1, 0.15) is 0 Å². The van der Waals surface area contributed by atoms with Crippen molar-refractivity contribution < 1.29 is 0 Å². The largest absolute Gasteiger partial charge is 0.353 e. The van der Waals surface area contributed by atoms with Gasteiger partial charge in [-0.1, -0.05) is 61.2 Å². The first-order valence-corrected chi connectivity index (χ1v) is 9.28. The van der Waals surface area contributed by atoms with Crippen molar-refractivity contribution in [3.63, 3.8) is 0 Å². The maximum absolute atomic E-state index is 4.01. The van der Waals surface area contributed by atoms with Gasteiger partial charge in [-0.3, -0.25) is 0 Å². The molecule has 0 amide bonds. The Morgan fingerprint density at radius 1 is 0.920 bits per heavy atom. The molecule has 0 aliphatic carbocycles. The molecule has 0 unspecified atom stereocenters. The van der Waals surface area contributed by atoms with E-state index >= 15 is 0 Å². The van der Waals surface area contributed by atoms with Gasteiger partial charge in [-0.05, 0) is 29.8 Å². The maximum Gasteiger partial charge on any atom is 0.0653 e. The molecule has 0 saturated carbocycles. The van der Waals surface area contributed by atoms with E-state index in [0.717, 1.165) is 5.69 Å². The summed E-state index contributed by atoms with van der Waals surface area (Å²) in [5.41, 5.74) is 3.53. The van der Waals surface area contributed by atoms with Crippen LogP contribution in [0.4, 0.5) is 0 Å². The number of H-pyrrole nitrogens is 1. The van der Waals surface area contributed by atoms with Crippen molar-refractivity contribution in [2.24, 2.45) is 0 Å². The van der Waals surface area contributed by atoms with Gasteiger partial charge in [-0.15, -0.1) is 11.3 Å². The Hall–Kier alpha value is -2.84. The molecule has 1 N–H and O–H groups in total. The number of fused-ring (bicyclic) bond motifs is 8. The van der Waals surface area contributed by atoms with E-state index in [4.69, 9.17) is 0 Å². The fourth-order valence-electron chi connectivity index (χ4n) is 3.89. The topological polar surface area (TPSA) is 15.8 Å². The van der Waals surface area contributed by atoms with Crippen molar-refractivity contribution in [1.82, 2.24) is 4.98 Å². The van der Waals surface area contributed by atoms with Gasteiger partial charge in [0.15, 0.2) is 0 Å². The van der Waals surface area contributed by atoms with Crippen molar-refractivity contribution in [1.29, 1.82) is 0 Å². The van der Waals surface area contributed by atoms with Crippen LogP contribution in [0.5, 0.6) is 0 Å². The third kappa shape index (κ3) is 1.89. The summed E-state index contributed by atoms with van der Waals surface area (Å²) in [6.45, 7) is 6.07. The van der Waals surface area contributed by atoms with Gasteiger partial charge in [-0.2, -0.15) is 0 Å². The van der Waals surface area contributed by atoms with Crippen LogP contribution in [-0.2, 0) is 0 Å². The summed E-state index contributed by atoms with van der Waals surface area (Å²) >= 11 is 1.87. The second-order valence-corrected chi connectivity index (χ2v) is 7.31. The average Bonchev–Trinajstić information content (AvgIpc) is 3.21. The number of thiophene rings is 1. The number of rotatable bonds is 2. The minimum Gasteiger partial charge on any atom is -0.353 e. The van der Waals surface area contributed by atoms with Gasteiger partial charge in [0.25, 0.3) is 0 Å². The highest BCUT2D eigenvalue weighted by Crippen LogP contribution is 2.45. The van der Waals surface area contributed by atoms with Crippen LogP contribution >= 0.6 is 11.3 Å². The van der Waals surface area contributed by atoms with Crippen molar-refractivity contribution in [3.8, 4) is 0 Å². The molecule has 3 aromatic carbocycles. The van der Waals surface area contributed by atoms with E-state index in [1.807, 2.05) is 17.4 Å². The third-order valence-corrected chi connectivity index (χ3v) is 6.08. The first kappa shape index (κ1) is 14.5. The van der Waals surface area contributed by atoms with Crippen LogP contribution in [0.3, 0.4) is 0 Å². The van der Waals surface area contributed by atoms with E-state index in [1.165, 1.54) is 47.4 Å². The summed E-state index contributed by atoms with van der Waals surface area (Å²) in [5.74, 6) is 0. The van der Waals surface area contributed by atoms with Crippen molar-refractivity contribution in [2.75, 3.05) is 0 Å². The van der Waals surface area contributed by atoms with Gasteiger partial charge >= 0.3 is 0 Å². The molecule has 2 heteroatoms. The Morgan fingerprint density at radius 3 is 2.32 bits per heavy atom. The van der Waals surface area contributed by atoms with Crippen LogP contribution in [0.15, 0.2) is 61.2 Å². The van der Waals surface area contributed by atoms with E-state index in [0.29, 0.717) is 0 Å². The zero-order valence-electron chi connectivity index (χ0n) is 14.0. The number of nitrogens with one attached hydrogen (secondary N) is 1. The molecule has 0 atom stereocenters. The van der Waals surface area contributed by atoms with E-state index in [-0.39, 0.29) is 0 Å². The lowest BCUT2D eigenvalue weighted by Crippen LogP contribution is -1.79. The molecule has 0 aliphatic heterocycles. The molecule has 2 heterocycles. The van der Waals surface area contributed by atoms with E-state index in [1.54, 1.807) is 0 Å². The number of allylic oxidation sites excluding steroid dienone is 1. The number of hydrogen-bond acceptors (Lipinski definition) is 1. The van der Waals surface area contributed by atoms with Crippen LogP contribution in [-0.4, -0.2) is 4.98 Å². The number of aromatic nitrogens is 1. The van der Waals surface area contributed by atoms with Crippen LogP contribution in [0.25, 0.3) is 54.0 Å². The summed E-state index contributed by atoms with van der Waals surface area (Å²) in [6, 6.07) is 17.4. The van der Waals surface area contributed by atoms with Crippen molar-refractivity contribution >= 4 is 65.3 Å². The molecule has 0 fully saturated rings. The summed E-state index contributed by atoms with van der Waals surface area (Å²) in [4.78, 5) is 3.64. The lowest BCUT2D eigenvalue weighted by molar-refractivity contribution is 1.44. The van der Waals surface area contributed by atoms with Gasteiger partial charge in [0, 0.05) is 32.1 Å². The fourth-order valence-corrected chi connectivity index (χ4v) is 5.12. The molecule has 5 aromatic rings. The normalized spacial score (nSPS) is 12.2. The van der Waals surface area contributed by atoms with Crippen LogP contribution in [0, 0.1) is 0 Å². The standard InChI is InChI=1S/C23H17NS/c1-3-9-16-18(4-2)24-22-20(16)14-10-5-6-11-15(14)21-17-12-7-8-13-19(17)25-23(21)22/h3-13,24H,2H2,1H3/b9-3-. The Labute approximate surface area is 149 Å². The predicted octanol–water partition coefficient (Wildman–Crippen LogP) is 7.37. The van der Waals surface area contributed by atoms with Gasteiger partial charge < -0.3 is 4.98 Å². The number of aromatic amines is 1. The zero-order valence-corrected chi connectivity index (χ0v) is 14.8. The summed E-state index contributed by atoms with van der Waals surface area (Å²) < 4.78 is 2.66. The number of hydrogen-bond donors (Lipinski definition) is 1.